The number of carbonyl (C=O) groups is 1. The number of carbonyl (C=O) groups excluding carboxylic acids is 1. The Morgan fingerprint density at radius 1 is 1.17 bits per heavy atom. The molecular formula is C22H29N3O2S2. The number of hydrogen-bond donors (Lipinski definition) is 1. The van der Waals surface area contributed by atoms with Crippen LogP contribution in [-0.4, -0.2) is 35.8 Å². The third kappa shape index (κ3) is 6.12. The number of aryl methyl sites for hydroxylation is 1. The van der Waals surface area contributed by atoms with Gasteiger partial charge < -0.3 is 10.1 Å². The lowest BCUT2D eigenvalue weighted by molar-refractivity contribution is 0.0596. The third-order valence-corrected chi connectivity index (χ3v) is 6.80. The number of benzene rings is 1. The summed E-state index contributed by atoms with van der Waals surface area (Å²) in [5, 5.41) is 4.77. The van der Waals surface area contributed by atoms with Crippen molar-refractivity contribution in [2.45, 2.75) is 55.0 Å². The van der Waals surface area contributed by atoms with Gasteiger partial charge in [-0.3, -0.25) is 0 Å². The number of rotatable bonds is 8. The second kappa shape index (κ2) is 10.9. The molecule has 7 heteroatoms. The fourth-order valence-corrected chi connectivity index (χ4v) is 4.89. The molecule has 1 saturated carbocycles. The molecule has 3 rings (SSSR count). The summed E-state index contributed by atoms with van der Waals surface area (Å²) in [6, 6.07) is 8.42. The van der Waals surface area contributed by atoms with E-state index in [0.29, 0.717) is 27.5 Å². The van der Waals surface area contributed by atoms with Crippen molar-refractivity contribution >= 4 is 35.3 Å². The molecule has 1 aromatic heterocycles. The molecule has 1 aliphatic carbocycles. The molecule has 1 heterocycles. The Hall–Kier alpha value is -1.73. The Morgan fingerprint density at radius 2 is 1.90 bits per heavy atom. The van der Waals surface area contributed by atoms with Crippen LogP contribution in [0.25, 0.3) is 0 Å². The number of nitrogens with zero attached hydrogens (tertiary/aromatic N) is 2. The van der Waals surface area contributed by atoms with Gasteiger partial charge in [-0.2, -0.15) is 0 Å². The van der Waals surface area contributed by atoms with Crippen LogP contribution in [0.1, 0.15) is 53.6 Å². The number of nitrogens with one attached hydrogen (secondary N) is 1. The van der Waals surface area contributed by atoms with E-state index in [-0.39, 0.29) is 0 Å². The van der Waals surface area contributed by atoms with Gasteiger partial charge in [0.25, 0.3) is 0 Å². The van der Waals surface area contributed by atoms with Crippen LogP contribution >= 0.6 is 23.5 Å². The number of anilines is 1. The lowest BCUT2D eigenvalue weighted by Crippen LogP contribution is -2.20. The van der Waals surface area contributed by atoms with Crippen LogP contribution < -0.4 is 5.32 Å². The summed E-state index contributed by atoms with van der Waals surface area (Å²) in [5.74, 6) is 1.56. The normalized spacial score (nSPS) is 14.6. The van der Waals surface area contributed by atoms with Crippen LogP contribution in [0, 0.1) is 12.8 Å². The molecule has 1 fully saturated rings. The maximum Gasteiger partial charge on any atom is 0.344 e. The van der Waals surface area contributed by atoms with Crippen molar-refractivity contribution in [1.29, 1.82) is 0 Å². The summed E-state index contributed by atoms with van der Waals surface area (Å²) in [6.07, 6.45) is 8.31. The van der Waals surface area contributed by atoms with E-state index >= 15 is 0 Å². The number of thioether (sulfide) groups is 2. The van der Waals surface area contributed by atoms with Crippen molar-refractivity contribution in [2.75, 3.05) is 25.2 Å². The Balaban J connectivity index is 1.84. The fourth-order valence-electron chi connectivity index (χ4n) is 3.50. The van der Waals surface area contributed by atoms with Gasteiger partial charge >= 0.3 is 5.97 Å². The van der Waals surface area contributed by atoms with Crippen LogP contribution in [0.4, 0.5) is 5.82 Å². The highest BCUT2D eigenvalue weighted by Gasteiger charge is 2.23. The Labute approximate surface area is 181 Å². The maximum absolute atomic E-state index is 12.6. The summed E-state index contributed by atoms with van der Waals surface area (Å²) in [5.41, 5.74) is 2.87. The van der Waals surface area contributed by atoms with E-state index in [4.69, 9.17) is 4.74 Å². The first kappa shape index (κ1) is 22.0. The molecule has 0 bridgehead atoms. The van der Waals surface area contributed by atoms with Gasteiger partial charge in [0.1, 0.15) is 16.4 Å². The predicted octanol–water partition coefficient (Wildman–Crippen LogP) is 5.58. The van der Waals surface area contributed by atoms with E-state index in [0.717, 1.165) is 12.3 Å². The SMILES string of the molecule is COC(=O)c1c(NCC2CCCCC2)nc(SC)nc1SCc1ccc(C)cc1. The minimum Gasteiger partial charge on any atom is -0.465 e. The number of esters is 1. The van der Waals surface area contributed by atoms with E-state index in [1.165, 1.54) is 62.1 Å². The maximum atomic E-state index is 12.6. The van der Waals surface area contributed by atoms with E-state index in [9.17, 15) is 4.79 Å². The zero-order chi connectivity index (χ0) is 20.6. The van der Waals surface area contributed by atoms with Crippen molar-refractivity contribution in [1.82, 2.24) is 9.97 Å². The highest BCUT2D eigenvalue weighted by Crippen LogP contribution is 2.32. The van der Waals surface area contributed by atoms with Crippen molar-refractivity contribution < 1.29 is 9.53 Å². The van der Waals surface area contributed by atoms with Gasteiger partial charge in [0.2, 0.25) is 0 Å². The standard InChI is InChI=1S/C22H29N3O2S2/c1-15-9-11-17(12-10-15)14-29-20-18(21(26)27-2)19(24-22(25-20)28-3)23-13-16-7-5-4-6-8-16/h9-12,16H,4-8,13-14H2,1-3H3,(H,23,24,25). The van der Waals surface area contributed by atoms with Crippen molar-refractivity contribution in [2.24, 2.45) is 5.92 Å². The van der Waals surface area contributed by atoms with Gasteiger partial charge in [0.15, 0.2) is 5.16 Å². The average Bonchev–Trinajstić information content (AvgIpc) is 2.77. The van der Waals surface area contributed by atoms with Gasteiger partial charge in [-0.25, -0.2) is 14.8 Å². The first-order valence-corrected chi connectivity index (χ1v) is 12.3. The molecule has 156 valence electrons. The number of methoxy groups -OCH3 is 1. The van der Waals surface area contributed by atoms with Crippen LogP contribution in [0.5, 0.6) is 0 Å². The van der Waals surface area contributed by atoms with Gasteiger partial charge in [-0.05, 0) is 37.5 Å². The van der Waals surface area contributed by atoms with Gasteiger partial charge in [-0.15, -0.1) is 11.8 Å². The zero-order valence-corrected chi connectivity index (χ0v) is 19.0. The Kier molecular flexibility index (Phi) is 8.24. The zero-order valence-electron chi connectivity index (χ0n) is 17.4. The van der Waals surface area contributed by atoms with Gasteiger partial charge in [0.05, 0.1) is 7.11 Å². The number of hydrogen-bond acceptors (Lipinski definition) is 7. The summed E-state index contributed by atoms with van der Waals surface area (Å²) in [6.45, 7) is 2.91. The Morgan fingerprint density at radius 3 is 2.55 bits per heavy atom. The second-order valence-electron chi connectivity index (χ2n) is 7.39. The summed E-state index contributed by atoms with van der Waals surface area (Å²) < 4.78 is 5.07. The lowest BCUT2D eigenvalue weighted by Gasteiger charge is -2.23. The molecule has 2 aromatic rings. The largest absolute Gasteiger partial charge is 0.465 e. The van der Waals surface area contributed by atoms with Crippen LogP contribution in [0.15, 0.2) is 34.4 Å². The monoisotopic (exact) mass is 431 g/mol. The first-order chi connectivity index (χ1) is 14.1. The van der Waals surface area contributed by atoms with Gasteiger partial charge in [0, 0.05) is 12.3 Å². The molecule has 5 nitrogen and oxygen atoms in total. The summed E-state index contributed by atoms with van der Waals surface area (Å²) in [4.78, 5) is 21.8. The highest BCUT2D eigenvalue weighted by molar-refractivity contribution is 7.99. The predicted molar refractivity (Wildman–Crippen MR) is 121 cm³/mol. The van der Waals surface area contributed by atoms with E-state index in [2.05, 4.69) is 46.5 Å². The smallest absolute Gasteiger partial charge is 0.344 e. The molecule has 0 amide bonds. The molecule has 0 radical (unpaired) electrons. The molecule has 0 saturated heterocycles. The quantitative estimate of drug-likeness (QED) is 0.253. The number of ether oxygens (including phenoxy) is 1. The Bertz CT molecular complexity index is 822. The summed E-state index contributed by atoms with van der Waals surface area (Å²) in [7, 11) is 1.41. The first-order valence-electron chi connectivity index (χ1n) is 10.1. The molecule has 0 atom stereocenters. The topological polar surface area (TPSA) is 64.1 Å². The molecular weight excluding hydrogens is 402 g/mol. The minimum absolute atomic E-state index is 0.393. The van der Waals surface area contributed by atoms with Crippen LogP contribution in [0.2, 0.25) is 0 Å². The van der Waals surface area contributed by atoms with Crippen molar-refractivity contribution in [3.05, 3.63) is 41.0 Å². The third-order valence-electron chi connectivity index (χ3n) is 5.21. The molecule has 0 aliphatic heterocycles. The molecule has 1 aromatic carbocycles. The number of aromatic nitrogens is 2. The van der Waals surface area contributed by atoms with Crippen LogP contribution in [-0.2, 0) is 10.5 Å². The van der Waals surface area contributed by atoms with Crippen molar-refractivity contribution in [3.63, 3.8) is 0 Å². The van der Waals surface area contributed by atoms with Crippen LogP contribution in [0.3, 0.4) is 0 Å². The lowest BCUT2D eigenvalue weighted by atomic mass is 9.89. The van der Waals surface area contributed by atoms with E-state index in [1.807, 2.05) is 6.26 Å². The van der Waals surface area contributed by atoms with E-state index in [1.54, 1.807) is 11.8 Å². The van der Waals surface area contributed by atoms with Crippen molar-refractivity contribution in [3.8, 4) is 0 Å². The summed E-state index contributed by atoms with van der Waals surface area (Å²) >= 11 is 3.03. The highest BCUT2D eigenvalue weighted by atomic mass is 32.2. The minimum atomic E-state index is -0.393. The molecule has 0 unspecified atom stereocenters. The second-order valence-corrected chi connectivity index (χ2v) is 9.13. The molecule has 0 spiro atoms. The van der Waals surface area contributed by atoms with Gasteiger partial charge in [-0.1, -0.05) is 60.9 Å². The average molecular weight is 432 g/mol. The fraction of sp³-hybridized carbons (Fsp3) is 0.500. The molecule has 29 heavy (non-hydrogen) atoms. The van der Waals surface area contributed by atoms with E-state index < -0.39 is 5.97 Å². The molecule has 1 N–H and O–H groups in total. The molecule has 1 aliphatic rings.